The van der Waals surface area contributed by atoms with Crippen molar-refractivity contribution in [3.63, 3.8) is 0 Å². The van der Waals surface area contributed by atoms with Gasteiger partial charge in [-0.2, -0.15) is 0 Å². The van der Waals surface area contributed by atoms with Crippen LogP contribution in [0.3, 0.4) is 0 Å². The summed E-state index contributed by atoms with van der Waals surface area (Å²) in [5.41, 5.74) is 18.9. The number of para-hydroxylation sites is 1. The first-order valence-electron chi connectivity index (χ1n) is 16.8. The molecule has 14 N–H and O–H groups in total. The number of rotatable bonds is 23. The van der Waals surface area contributed by atoms with Crippen LogP contribution < -0.4 is 49.1 Å². The molecule has 1 aromatic carbocycles. The van der Waals surface area contributed by atoms with Crippen LogP contribution in [0.15, 0.2) is 30.5 Å². The maximum absolute atomic E-state index is 13.6. The number of hydrogen-bond acceptors (Lipinski definition) is 10. The zero-order chi connectivity index (χ0) is 38.8. The summed E-state index contributed by atoms with van der Waals surface area (Å²) in [5, 5.41) is 23.7. The van der Waals surface area contributed by atoms with Crippen molar-refractivity contribution in [1.82, 2.24) is 36.9 Å². The molecular formula is C33H50N10O9. The van der Waals surface area contributed by atoms with Gasteiger partial charge in [-0.1, -0.05) is 32.0 Å². The number of amides is 7. The number of aromatic nitrogens is 1. The molecule has 286 valence electrons. The standard InChI is InChI=1S/C33H50N10O9/c1-18(2)11-24(42-30(49)21(35)12-19-14-37-22-8-4-3-7-20(19)22)33(52)41-23(9-5-6-10-34)32(51)43-25(13-26(36)44)31(50)40-16-28(46)38-15-27(45)39-17-29(47)48/h3-4,7-8,14,18,21,23-25,37H,5-6,9-13,15-17,34-35H2,1-2H3,(H2,36,44)(H,38,46)(H,39,45)(H,40,50)(H,41,52)(H,42,49)(H,43,51)(H,47,48)/t21-,23-,24-,25-/m0/s1. The number of aliphatic carboxylic acids is 1. The van der Waals surface area contributed by atoms with Crippen LogP contribution >= 0.6 is 0 Å². The van der Waals surface area contributed by atoms with Gasteiger partial charge in [-0.05, 0) is 56.2 Å². The lowest BCUT2D eigenvalue weighted by Crippen LogP contribution is -2.58. The zero-order valence-corrected chi connectivity index (χ0v) is 29.3. The van der Waals surface area contributed by atoms with Gasteiger partial charge in [0.15, 0.2) is 0 Å². The predicted octanol–water partition coefficient (Wildman–Crippen LogP) is -3.02. The lowest BCUT2D eigenvalue weighted by molar-refractivity contribution is -0.137. The maximum Gasteiger partial charge on any atom is 0.322 e. The molecule has 7 amide bonds. The molecule has 0 saturated carbocycles. The summed E-state index contributed by atoms with van der Waals surface area (Å²) in [4.78, 5) is 102. The fourth-order valence-electron chi connectivity index (χ4n) is 5.10. The number of carboxylic acid groups (broad SMARTS) is 1. The first-order valence-corrected chi connectivity index (χ1v) is 16.8. The highest BCUT2D eigenvalue weighted by Gasteiger charge is 2.31. The largest absolute Gasteiger partial charge is 0.480 e. The van der Waals surface area contributed by atoms with Crippen molar-refractivity contribution in [3.05, 3.63) is 36.0 Å². The zero-order valence-electron chi connectivity index (χ0n) is 29.3. The molecule has 0 aliphatic carbocycles. The molecule has 0 radical (unpaired) electrons. The highest BCUT2D eigenvalue weighted by Crippen LogP contribution is 2.19. The molecule has 0 aliphatic rings. The third kappa shape index (κ3) is 15.1. The van der Waals surface area contributed by atoms with Gasteiger partial charge in [-0.25, -0.2) is 0 Å². The Morgan fingerprint density at radius 1 is 0.769 bits per heavy atom. The number of carboxylic acids is 1. The molecule has 0 bridgehead atoms. The number of primary amides is 1. The van der Waals surface area contributed by atoms with Gasteiger partial charge in [0.25, 0.3) is 0 Å². The topological polar surface area (TPSA) is 323 Å². The monoisotopic (exact) mass is 730 g/mol. The quantitative estimate of drug-likeness (QED) is 0.0511. The molecule has 2 aromatic rings. The maximum atomic E-state index is 13.6. The Morgan fingerprint density at radius 2 is 1.37 bits per heavy atom. The van der Waals surface area contributed by atoms with Crippen molar-refractivity contribution in [1.29, 1.82) is 0 Å². The molecule has 0 spiro atoms. The third-order valence-electron chi connectivity index (χ3n) is 7.72. The van der Waals surface area contributed by atoms with E-state index in [9.17, 15) is 38.4 Å². The van der Waals surface area contributed by atoms with Crippen LogP contribution in [-0.2, 0) is 44.8 Å². The van der Waals surface area contributed by atoms with E-state index in [0.29, 0.717) is 19.4 Å². The van der Waals surface area contributed by atoms with Gasteiger partial charge in [-0.3, -0.25) is 38.4 Å². The summed E-state index contributed by atoms with van der Waals surface area (Å²) in [6, 6.07) is 2.73. The van der Waals surface area contributed by atoms with E-state index >= 15 is 0 Å². The number of carbonyl (C=O) groups excluding carboxylic acids is 7. The van der Waals surface area contributed by atoms with Gasteiger partial charge < -0.3 is 59.2 Å². The van der Waals surface area contributed by atoms with Crippen molar-refractivity contribution < 1.29 is 43.5 Å². The highest BCUT2D eigenvalue weighted by atomic mass is 16.4. The van der Waals surface area contributed by atoms with Crippen LogP contribution in [0.25, 0.3) is 10.9 Å². The van der Waals surface area contributed by atoms with E-state index < -0.39 is 97.5 Å². The average Bonchev–Trinajstić information content (AvgIpc) is 3.49. The van der Waals surface area contributed by atoms with E-state index in [2.05, 4.69) is 31.6 Å². The summed E-state index contributed by atoms with van der Waals surface area (Å²) in [6.07, 6.45) is 2.53. The second kappa shape index (κ2) is 21.6. The molecule has 1 aromatic heterocycles. The smallest absolute Gasteiger partial charge is 0.322 e. The average molecular weight is 731 g/mol. The molecule has 0 aliphatic heterocycles. The summed E-state index contributed by atoms with van der Waals surface area (Å²) < 4.78 is 0. The second-order valence-corrected chi connectivity index (χ2v) is 12.6. The number of nitrogens with two attached hydrogens (primary N) is 3. The van der Waals surface area contributed by atoms with E-state index in [4.69, 9.17) is 22.3 Å². The molecule has 4 atom stereocenters. The number of fused-ring (bicyclic) bond motifs is 1. The Hall–Kier alpha value is -5.56. The Balaban J connectivity index is 2.10. The summed E-state index contributed by atoms with van der Waals surface area (Å²) in [7, 11) is 0. The highest BCUT2D eigenvalue weighted by molar-refractivity contribution is 5.97. The SMILES string of the molecule is CC(C)C[C@H](NC(=O)[C@@H](N)Cc1c[nH]c2ccccc12)C(=O)N[C@@H](CCCCN)C(=O)N[C@@H](CC(N)=O)C(=O)NCC(=O)NCC(=O)NCC(=O)O. The van der Waals surface area contributed by atoms with Gasteiger partial charge in [0.1, 0.15) is 24.7 Å². The van der Waals surface area contributed by atoms with Gasteiger partial charge in [0.05, 0.1) is 25.6 Å². The predicted molar refractivity (Wildman–Crippen MR) is 189 cm³/mol. The van der Waals surface area contributed by atoms with Crippen molar-refractivity contribution >= 4 is 58.2 Å². The fourth-order valence-corrected chi connectivity index (χ4v) is 5.10. The first kappa shape index (κ1) is 42.6. The molecule has 2 rings (SSSR count). The number of nitrogens with one attached hydrogen (secondary N) is 7. The van der Waals surface area contributed by atoms with E-state index in [1.165, 1.54) is 0 Å². The Morgan fingerprint density at radius 3 is 2.00 bits per heavy atom. The van der Waals surface area contributed by atoms with Crippen LogP contribution in [0, 0.1) is 5.92 Å². The first-order chi connectivity index (χ1) is 24.6. The lowest BCUT2D eigenvalue weighted by Gasteiger charge is -2.26. The number of aromatic amines is 1. The van der Waals surface area contributed by atoms with Crippen LogP contribution in [0.5, 0.6) is 0 Å². The normalized spacial score (nSPS) is 13.2. The molecule has 0 saturated heterocycles. The molecule has 19 nitrogen and oxygen atoms in total. The van der Waals surface area contributed by atoms with Crippen molar-refractivity contribution in [3.8, 4) is 0 Å². The van der Waals surface area contributed by atoms with Crippen molar-refractivity contribution in [2.45, 2.75) is 76.5 Å². The van der Waals surface area contributed by atoms with E-state index in [1.54, 1.807) is 6.20 Å². The summed E-state index contributed by atoms with van der Waals surface area (Å²) >= 11 is 0. The number of benzene rings is 1. The fraction of sp³-hybridized carbons (Fsp3) is 0.515. The number of carbonyl (C=O) groups is 8. The number of H-pyrrole nitrogens is 1. The van der Waals surface area contributed by atoms with E-state index in [0.717, 1.165) is 16.5 Å². The Kier molecular flexibility index (Phi) is 17.7. The van der Waals surface area contributed by atoms with E-state index in [-0.39, 0.29) is 25.2 Å². The van der Waals surface area contributed by atoms with Gasteiger partial charge in [0.2, 0.25) is 41.4 Å². The van der Waals surface area contributed by atoms with Crippen molar-refractivity contribution in [2.75, 3.05) is 26.2 Å². The number of hydrogen-bond donors (Lipinski definition) is 11. The lowest BCUT2D eigenvalue weighted by atomic mass is 10.00. The minimum absolute atomic E-state index is 0.0506. The van der Waals surface area contributed by atoms with Crippen LogP contribution in [0.4, 0.5) is 0 Å². The molecule has 19 heteroatoms. The van der Waals surface area contributed by atoms with Crippen LogP contribution in [-0.4, -0.2) is 108 Å². The third-order valence-corrected chi connectivity index (χ3v) is 7.72. The molecule has 0 unspecified atom stereocenters. The van der Waals surface area contributed by atoms with Gasteiger partial charge in [0, 0.05) is 17.1 Å². The summed E-state index contributed by atoms with van der Waals surface area (Å²) in [6.45, 7) is 2.13. The minimum atomic E-state index is -1.54. The van der Waals surface area contributed by atoms with Crippen LogP contribution in [0.2, 0.25) is 0 Å². The Bertz CT molecular complexity index is 1580. The molecular weight excluding hydrogens is 680 g/mol. The molecule has 1 heterocycles. The van der Waals surface area contributed by atoms with Gasteiger partial charge in [-0.15, -0.1) is 0 Å². The molecule has 52 heavy (non-hydrogen) atoms. The van der Waals surface area contributed by atoms with E-state index in [1.807, 2.05) is 43.4 Å². The second-order valence-electron chi connectivity index (χ2n) is 12.6. The van der Waals surface area contributed by atoms with Gasteiger partial charge >= 0.3 is 5.97 Å². The minimum Gasteiger partial charge on any atom is -0.480 e. The Labute approximate surface area is 300 Å². The molecule has 0 fully saturated rings. The van der Waals surface area contributed by atoms with Crippen molar-refractivity contribution in [2.24, 2.45) is 23.1 Å². The summed E-state index contributed by atoms with van der Waals surface area (Å²) in [5.74, 6) is -6.93. The number of unbranched alkanes of at least 4 members (excludes halogenated alkanes) is 1. The van der Waals surface area contributed by atoms with Crippen LogP contribution in [0.1, 0.15) is 51.5 Å².